The van der Waals surface area contributed by atoms with E-state index in [9.17, 15) is 4.39 Å². The van der Waals surface area contributed by atoms with Crippen LogP contribution in [-0.4, -0.2) is 23.9 Å². The average Bonchev–Trinajstić information content (AvgIpc) is 3.46. The first kappa shape index (κ1) is 18.2. The molecule has 31 heavy (non-hydrogen) atoms. The highest BCUT2D eigenvalue weighted by molar-refractivity contribution is 5.85. The molecule has 0 atom stereocenters. The van der Waals surface area contributed by atoms with E-state index < -0.39 is 0 Å². The molecule has 0 aliphatic heterocycles. The molecule has 3 heterocycles. The number of imidazole rings is 2. The SMILES string of the molecule is Fc1ccc(-c2cn3ccnc3c(-c3ccc4ncn(C5CCCCC5)c4c3)n2)cc1. The molecule has 154 valence electrons. The van der Waals surface area contributed by atoms with E-state index in [1.54, 1.807) is 18.3 Å². The number of rotatable bonds is 3. The second-order valence-electron chi connectivity index (χ2n) is 8.29. The molecule has 0 bridgehead atoms. The van der Waals surface area contributed by atoms with Crippen molar-refractivity contribution in [2.24, 2.45) is 0 Å². The summed E-state index contributed by atoms with van der Waals surface area (Å²) in [5.74, 6) is -0.255. The van der Waals surface area contributed by atoms with Gasteiger partial charge in [-0.3, -0.25) is 0 Å². The largest absolute Gasteiger partial charge is 0.327 e. The highest BCUT2D eigenvalue weighted by Gasteiger charge is 2.19. The fourth-order valence-corrected chi connectivity index (χ4v) is 4.71. The van der Waals surface area contributed by atoms with E-state index in [0.29, 0.717) is 6.04 Å². The lowest BCUT2D eigenvalue weighted by atomic mass is 9.95. The fourth-order valence-electron chi connectivity index (χ4n) is 4.71. The monoisotopic (exact) mass is 411 g/mol. The molecule has 0 spiro atoms. The van der Waals surface area contributed by atoms with E-state index in [1.165, 1.54) is 44.2 Å². The minimum absolute atomic E-state index is 0.255. The van der Waals surface area contributed by atoms with Crippen LogP contribution < -0.4 is 0 Å². The smallest absolute Gasteiger partial charge is 0.163 e. The molecule has 1 saturated carbocycles. The van der Waals surface area contributed by atoms with E-state index in [1.807, 2.05) is 23.1 Å². The Bertz CT molecular complexity index is 1380. The minimum Gasteiger partial charge on any atom is -0.327 e. The molecule has 0 N–H and O–H groups in total. The van der Waals surface area contributed by atoms with E-state index in [0.717, 1.165) is 39.2 Å². The van der Waals surface area contributed by atoms with Gasteiger partial charge in [-0.25, -0.2) is 19.3 Å². The molecule has 1 fully saturated rings. The highest BCUT2D eigenvalue weighted by Crippen LogP contribution is 2.33. The molecule has 0 radical (unpaired) electrons. The molecule has 3 aromatic heterocycles. The van der Waals surface area contributed by atoms with Crippen molar-refractivity contribution in [3.8, 4) is 22.5 Å². The molecule has 0 amide bonds. The van der Waals surface area contributed by atoms with Crippen LogP contribution in [0.3, 0.4) is 0 Å². The average molecular weight is 411 g/mol. The van der Waals surface area contributed by atoms with E-state index in [2.05, 4.69) is 32.7 Å². The van der Waals surface area contributed by atoms with Crippen LogP contribution in [-0.2, 0) is 0 Å². The van der Waals surface area contributed by atoms with Crippen molar-refractivity contribution in [1.82, 2.24) is 23.9 Å². The maximum absolute atomic E-state index is 13.4. The molecule has 0 saturated heterocycles. The van der Waals surface area contributed by atoms with E-state index in [4.69, 9.17) is 4.98 Å². The Kier molecular flexibility index (Phi) is 4.30. The predicted octanol–water partition coefficient (Wildman–Crippen LogP) is 6.06. The summed E-state index contributed by atoms with van der Waals surface area (Å²) in [6, 6.07) is 13.3. The molecule has 0 unspecified atom stereocenters. The van der Waals surface area contributed by atoms with Crippen LogP contribution in [0.2, 0.25) is 0 Å². The summed E-state index contributed by atoms with van der Waals surface area (Å²) >= 11 is 0. The lowest BCUT2D eigenvalue weighted by Gasteiger charge is -2.23. The number of nitrogens with zero attached hydrogens (tertiary/aromatic N) is 5. The van der Waals surface area contributed by atoms with Gasteiger partial charge in [-0.1, -0.05) is 25.3 Å². The van der Waals surface area contributed by atoms with Crippen molar-refractivity contribution in [2.45, 2.75) is 38.1 Å². The maximum atomic E-state index is 13.4. The van der Waals surface area contributed by atoms with Crippen LogP contribution in [0.4, 0.5) is 4.39 Å². The number of hydrogen-bond donors (Lipinski definition) is 0. The minimum atomic E-state index is -0.255. The van der Waals surface area contributed by atoms with Gasteiger partial charge in [0.15, 0.2) is 5.65 Å². The lowest BCUT2D eigenvalue weighted by Crippen LogP contribution is -2.11. The van der Waals surface area contributed by atoms with Gasteiger partial charge in [-0.15, -0.1) is 0 Å². The molecule has 5 aromatic rings. The Morgan fingerprint density at radius 1 is 0.903 bits per heavy atom. The molecular formula is C25H22FN5. The van der Waals surface area contributed by atoms with Gasteiger partial charge in [0.05, 0.1) is 23.1 Å². The van der Waals surface area contributed by atoms with Gasteiger partial charge in [-0.05, 0) is 49.2 Å². The first-order valence-corrected chi connectivity index (χ1v) is 10.8. The maximum Gasteiger partial charge on any atom is 0.163 e. The summed E-state index contributed by atoms with van der Waals surface area (Å²) in [6.07, 6.45) is 13.9. The number of benzene rings is 2. The third-order valence-electron chi connectivity index (χ3n) is 6.33. The number of aromatic nitrogens is 5. The fraction of sp³-hybridized carbons (Fsp3) is 0.240. The zero-order valence-electron chi connectivity index (χ0n) is 17.1. The number of hydrogen-bond acceptors (Lipinski definition) is 3. The van der Waals surface area contributed by atoms with Crippen molar-refractivity contribution in [3.05, 3.63) is 73.2 Å². The molecule has 2 aromatic carbocycles. The number of halogens is 1. The Balaban J connectivity index is 1.51. The second kappa shape index (κ2) is 7.30. The Hall–Kier alpha value is -3.54. The molecule has 1 aliphatic carbocycles. The van der Waals surface area contributed by atoms with Crippen LogP contribution >= 0.6 is 0 Å². The highest BCUT2D eigenvalue weighted by atomic mass is 19.1. The van der Waals surface area contributed by atoms with Gasteiger partial charge in [0.25, 0.3) is 0 Å². The zero-order valence-corrected chi connectivity index (χ0v) is 17.1. The molecular weight excluding hydrogens is 389 g/mol. The summed E-state index contributed by atoms with van der Waals surface area (Å²) in [7, 11) is 0. The zero-order chi connectivity index (χ0) is 20.8. The predicted molar refractivity (Wildman–Crippen MR) is 119 cm³/mol. The Morgan fingerprint density at radius 2 is 1.71 bits per heavy atom. The van der Waals surface area contributed by atoms with Gasteiger partial charge in [0, 0.05) is 35.8 Å². The van der Waals surface area contributed by atoms with Crippen molar-refractivity contribution >= 4 is 16.7 Å². The van der Waals surface area contributed by atoms with Crippen molar-refractivity contribution < 1.29 is 4.39 Å². The second-order valence-corrected chi connectivity index (χ2v) is 8.29. The summed E-state index contributed by atoms with van der Waals surface area (Å²) < 4.78 is 17.7. The Morgan fingerprint density at radius 3 is 2.55 bits per heavy atom. The van der Waals surface area contributed by atoms with Crippen molar-refractivity contribution in [2.75, 3.05) is 0 Å². The van der Waals surface area contributed by atoms with Crippen molar-refractivity contribution in [1.29, 1.82) is 0 Å². The third kappa shape index (κ3) is 3.19. The first-order chi connectivity index (χ1) is 15.3. The number of fused-ring (bicyclic) bond motifs is 2. The van der Waals surface area contributed by atoms with Gasteiger partial charge >= 0.3 is 0 Å². The molecule has 6 rings (SSSR count). The van der Waals surface area contributed by atoms with Crippen LogP contribution in [0.1, 0.15) is 38.1 Å². The van der Waals surface area contributed by atoms with E-state index in [-0.39, 0.29) is 5.82 Å². The Labute approximate surface area is 179 Å². The summed E-state index contributed by atoms with van der Waals surface area (Å²) in [5, 5.41) is 0. The van der Waals surface area contributed by atoms with Crippen LogP contribution in [0.5, 0.6) is 0 Å². The van der Waals surface area contributed by atoms with E-state index >= 15 is 0 Å². The molecule has 6 heteroatoms. The molecule has 1 aliphatic rings. The van der Waals surface area contributed by atoms with Gasteiger partial charge in [-0.2, -0.15) is 0 Å². The molecule has 5 nitrogen and oxygen atoms in total. The summed E-state index contributed by atoms with van der Waals surface area (Å²) in [5.41, 5.74) is 6.41. The van der Waals surface area contributed by atoms with Crippen molar-refractivity contribution in [3.63, 3.8) is 0 Å². The van der Waals surface area contributed by atoms with Crippen LogP contribution in [0, 0.1) is 5.82 Å². The van der Waals surface area contributed by atoms with Gasteiger partial charge in [0.1, 0.15) is 11.5 Å². The summed E-state index contributed by atoms with van der Waals surface area (Å²) in [4.78, 5) is 14.1. The van der Waals surface area contributed by atoms with Crippen LogP contribution in [0.15, 0.2) is 67.4 Å². The van der Waals surface area contributed by atoms with Gasteiger partial charge < -0.3 is 8.97 Å². The summed E-state index contributed by atoms with van der Waals surface area (Å²) in [6.45, 7) is 0. The normalized spacial score (nSPS) is 15.1. The van der Waals surface area contributed by atoms with Gasteiger partial charge in [0.2, 0.25) is 0 Å². The third-order valence-corrected chi connectivity index (χ3v) is 6.33. The topological polar surface area (TPSA) is 48.0 Å². The quantitative estimate of drug-likeness (QED) is 0.363. The first-order valence-electron chi connectivity index (χ1n) is 10.8. The standard InChI is InChI=1S/C25H22FN5/c26-19-9-6-17(7-10-19)22-15-30-13-12-27-25(30)24(29-22)18-8-11-21-23(14-18)31(16-28-21)20-4-2-1-3-5-20/h6-16,20H,1-5H2. The van der Waals surface area contributed by atoms with Crippen LogP contribution in [0.25, 0.3) is 39.2 Å². The lowest BCUT2D eigenvalue weighted by molar-refractivity contribution is 0.359.